The van der Waals surface area contributed by atoms with Crippen molar-refractivity contribution >= 4 is 23.2 Å². The highest BCUT2D eigenvalue weighted by Gasteiger charge is 2.36. The summed E-state index contributed by atoms with van der Waals surface area (Å²) in [5, 5.41) is 2.99. The third kappa shape index (κ3) is 4.31. The number of anilines is 2. The first-order valence-corrected chi connectivity index (χ1v) is 10.4. The summed E-state index contributed by atoms with van der Waals surface area (Å²) in [4.78, 5) is 31.1. The normalized spacial score (nSPS) is 19.9. The van der Waals surface area contributed by atoms with Gasteiger partial charge in [0.25, 0.3) is 0 Å². The van der Waals surface area contributed by atoms with Crippen molar-refractivity contribution < 1.29 is 14.0 Å². The highest BCUT2D eigenvalue weighted by atomic mass is 19.1. The lowest BCUT2D eigenvalue weighted by Crippen LogP contribution is -2.45. The summed E-state index contributed by atoms with van der Waals surface area (Å²) in [7, 11) is 2.12. The highest BCUT2D eigenvalue weighted by Crippen LogP contribution is 2.28. The van der Waals surface area contributed by atoms with Crippen molar-refractivity contribution in [1.29, 1.82) is 0 Å². The van der Waals surface area contributed by atoms with Crippen molar-refractivity contribution in [3.05, 3.63) is 59.9 Å². The van der Waals surface area contributed by atoms with Crippen molar-refractivity contribution in [1.82, 2.24) is 10.2 Å². The van der Waals surface area contributed by atoms with Crippen LogP contribution in [0.15, 0.2) is 48.5 Å². The van der Waals surface area contributed by atoms with Crippen molar-refractivity contribution in [3.8, 4) is 0 Å². The van der Waals surface area contributed by atoms with E-state index < -0.39 is 11.7 Å². The third-order valence-electron chi connectivity index (χ3n) is 5.93. The van der Waals surface area contributed by atoms with Crippen LogP contribution in [-0.4, -0.2) is 56.5 Å². The average Bonchev–Trinajstić information content (AvgIpc) is 3.15. The van der Waals surface area contributed by atoms with Crippen LogP contribution < -0.4 is 15.1 Å². The fraction of sp³-hybridized carbons (Fsp3) is 0.391. The first-order chi connectivity index (χ1) is 14.5. The summed E-state index contributed by atoms with van der Waals surface area (Å²) in [6.07, 6.45) is 0.0975. The van der Waals surface area contributed by atoms with Crippen LogP contribution >= 0.6 is 0 Å². The molecule has 6 nitrogen and oxygen atoms in total. The van der Waals surface area contributed by atoms with E-state index in [-0.39, 0.29) is 30.5 Å². The fourth-order valence-electron chi connectivity index (χ4n) is 4.13. The van der Waals surface area contributed by atoms with E-state index in [9.17, 15) is 14.0 Å². The molecule has 0 aliphatic carbocycles. The number of likely N-dealkylation sites (N-methyl/N-ethyl adjacent to an activating group) is 1. The summed E-state index contributed by atoms with van der Waals surface area (Å²) in [5.41, 5.74) is 2.44. The van der Waals surface area contributed by atoms with Crippen LogP contribution in [0.4, 0.5) is 15.8 Å². The SMILES string of the molecule is CN1CCN(c2ccccc2CNC(=O)C2CC(=O)N(c3ccccc3F)C2)CC1. The summed E-state index contributed by atoms with van der Waals surface area (Å²) in [6.45, 7) is 4.54. The number of nitrogens with zero attached hydrogens (tertiary/aromatic N) is 3. The molecule has 2 aliphatic heterocycles. The number of halogens is 1. The molecule has 4 rings (SSSR count). The second-order valence-electron chi connectivity index (χ2n) is 7.99. The molecule has 2 heterocycles. The summed E-state index contributed by atoms with van der Waals surface area (Å²) >= 11 is 0. The molecule has 7 heteroatoms. The molecule has 2 aromatic rings. The molecule has 1 N–H and O–H groups in total. The second kappa shape index (κ2) is 8.83. The number of hydrogen-bond acceptors (Lipinski definition) is 4. The maximum absolute atomic E-state index is 14.1. The second-order valence-corrected chi connectivity index (χ2v) is 7.99. The molecule has 1 unspecified atom stereocenters. The van der Waals surface area contributed by atoms with Crippen LogP contribution in [0.3, 0.4) is 0 Å². The Balaban J connectivity index is 1.39. The first kappa shape index (κ1) is 20.3. The van der Waals surface area contributed by atoms with E-state index in [0.29, 0.717) is 6.54 Å². The third-order valence-corrected chi connectivity index (χ3v) is 5.93. The largest absolute Gasteiger partial charge is 0.369 e. The standard InChI is InChI=1S/C23H27FN4O2/c1-26-10-12-27(13-11-26)20-8-4-2-6-17(20)15-25-23(30)18-14-22(29)28(16-18)21-9-5-3-7-19(21)24/h2-9,18H,10-16H2,1H3,(H,25,30). The first-order valence-electron chi connectivity index (χ1n) is 10.4. The quantitative estimate of drug-likeness (QED) is 0.822. The van der Waals surface area contributed by atoms with E-state index in [0.717, 1.165) is 37.4 Å². The van der Waals surface area contributed by atoms with Crippen molar-refractivity contribution in [2.45, 2.75) is 13.0 Å². The molecule has 0 bridgehead atoms. The maximum atomic E-state index is 14.1. The topological polar surface area (TPSA) is 55.9 Å². The monoisotopic (exact) mass is 410 g/mol. The van der Waals surface area contributed by atoms with Gasteiger partial charge in [0, 0.05) is 51.4 Å². The molecule has 158 valence electrons. The molecule has 2 saturated heterocycles. The van der Waals surface area contributed by atoms with Gasteiger partial charge in [0.2, 0.25) is 11.8 Å². The van der Waals surface area contributed by atoms with Gasteiger partial charge in [-0.3, -0.25) is 9.59 Å². The lowest BCUT2D eigenvalue weighted by atomic mass is 10.1. The van der Waals surface area contributed by atoms with Gasteiger partial charge in [-0.15, -0.1) is 0 Å². The molecule has 2 amide bonds. The number of hydrogen-bond donors (Lipinski definition) is 1. The maximum Gasteiger partial charge on any atom is 0.227 e. The minimum absolute atomic E-state index is 0.0975. The van der Waals surface area contributed by atoms with Crippen molar-refractivity contribution in [2.24, 2.45) is 5.92 Å². The van der Waals surface area contributed by atoms with Gasteiger partial charge in [-0.2, -0.15) is 0 Å². The summed E-state index contributed by atoms with van der Waals surface area (Å²) in [6, 6.07) is 14.3. The molecule has 30 heavy (non-hydrogen) atoms. The molecule has 2 fully saturated rings. The molecular formula is C23H27FN4O2. The number of nitrogens with one attached hydrogen (secondary N) is 1. The molecule has 0 aromatic heterocycles. The molecule has 2 aromatic carbocycles. The van der Waals surface area contributed by atoms with Gasteiger partial charge in [0.05, 0.1) is 11.6 Å². The van der Waals surface area contributed by atoms with Crippen LogP contribution in [0.1, 0.15) is 12.0 Å². The van der Waals surface area contributed by atoms with E-state index in [2.05, 4.69) is 28.2 Å². The molecule has 0 radical (unpaired) electrons. The van der Waals surface area contributed by atoms with Crippen LogP contribution in [0.2, 0.25) is 0 Å². The molecule has 0 spiro atoms. The number of piperazine rings is 1. The number of amides is 2. The Morgan fingerprint density at radius 1 is 1.03 bits per heavy atom. The predicted octanol–water partition coefficient (Wildman–Crippen LogP) is 2.25. The number of carbonyl (C=O) groups is 2. The Bertz CT molecular complexity index is 927. The molecule has 0 saturated carbocycles. The highest BCUT2D eigenvalue weighted by molar-refractivity contribution is 6.00. The number of carbonyl (C=O) groups excluding carboxylic acids is 2. The van der Waals surface area contributed by atoms with Crippen LogP contribution in [-0.2, 0) is 16.1 Å². The van der Waals surface area contributed by atoms with Gasteiger partial charge < -0.3 is 20.0 Å². The van der Waals surface area contributed by atoms with Crippen LogP contribution in [0.25, 0.3) is 0 Å². The summed E-state index contributed by atoms with van der Waals surface area (Å²) < 4.78 is 14.1. The Kier molecular flexibility index (Phi) is 5.99. The van der Waals surface area contributed by atoms with E-state index in [1.54, 1.807) is 18.2 Å². The Morgan fingerprint density at radius 3 is 2.43 bits per heavy atom. The number of benzene rings is 2. The Morgan fingerprint density at radius 2 is 1.70 bits per heavy atom. The van der Waals surface area contributed by atoms with Gasteiger partial charge in [-0.1, -0.05) is 30.3 Å². The van der Waals surface area contributed by atoms with Crippen LogP contribution in [0, 0.1) is 11.7 Å². The zero-order valence-corrected chi connectivity index (χ0v) is 17.2. The lowest BCUT2D eigenvalue weighted by molar-refractivity contribution is -0.126. The molecule has 1 atom stereocenters. The average molecular weight is 410 g/mol. The van der Waals surface area contributed by atoms with Gasteiger partial charge in [0.15, 0.2) is 0 Å². The zero-order valence-electron chi connectivity index (χ0n) is 17.2. The van der Waals surface area contributed by atoms with Crippen molar-refractivity contribution in [2.75, 3.05) is 49.6 Å². The minimum atomic E-state index is -0.479. The van der Waals surface area contributed by atoms with Crippen LogP contribution in [0.5, 0.6) is 0 Å². The molecular weight excluding hydrogens is 383 g/mol. The van der Waals surface area contributed by atoms with Gasteiger partial charge in [0.1, 0.15) is 5.82 Å². The van der Waals surface area contributed by atoms with Crippen molar-refractivity contribution in [3.63, 3.8) is 0 Å². The van der Waals surface area contributed by atoms with E-state index in [1.807, 2.05) is 18.2 Å². The summed E-state index contributed by atoms with van der Waals surface area (Å²) in [5.74, 6) is -1.32. The van der Waals surface area contributed by atoms with E-state index in [4.69, 9.17) is 0 Å². The lowest BCUT2D eigenvalue weighted by Gasteiger charge is -2.35. The Hall–Kier alpha value is -2.93. The van der Waals surface area contributed by atoms with Gasteiger partial charge in [-0.25, -0.2) is 4.39 Å². The van der Waals surface area contributed by atoms with E-state index >= 15 is 0 Å². The van der Waals surface area contributed by atoms with Gasteiger partial charge in [-0.05, 0) is 30.8 Å². The zero-order chi connectivity index (χ0) is 21.1. The predicted molar refractivity (Wildman–Crippen MR) is 115 cm³/mol. The smallest absolute Gasteiger partial charge is 0.227 e. The molecule has 2 aliphatic rings. The fourth-order valence-corrected chi connectivity index (χ4v) is 4.13. The number of para-hydroxylation sites is 2. The van der Waals surface area contributed by atoms with Gasteiger partial charge >= 0.3 is 0 Å². The van der Waals surface area contributed by atoms with E-state index in [1.165, 1.54) is 11.0 Å². The Labute approximate surface area is 176 Å². The number of rotatable bonds is 5. The minimum Gasteiger partial charge on any atom is -0.369 e.